The maximum atomic E-state index is 11.8. The van der Waals surface area contributed by atoms with Crippen LogP contribution in [0, 0.1) is 5.92 Å². The molecule has 6 heteroatoms. The Hall–Kier alpha value is -1.24. The van der Waals surface area contributed by atoms with E-state index in [4.69, 9.17) is 4.74 Å². The Balaban J connectivity index is 1.60. The van der Waals surface area contributed by atoms with Crippen LogP contribution in [0.3, 0.4) is 0 Å². The minimum Gasteiger partial charge on any atom is -0.381 e. The van der Waals surface area contributed by atoms with E-state index >= 15 is 0 Å². The number of H-pyrrole nitrogens is 1. The zero-order chi connectivity index (χ0) is 13.1. The van der Waals surface area contributed by atoms with Crippen molar-refractivity contribution in [2.75, 3.05) is 19.8 Å². The van der Waals surface area contributed by atoms with Crippen LogP contribution in [-0.4, -0.2) is 29.7 Å². The summed E-state index contributed by atoms with van der Waals surface area (Å²) in [6.07, 6.45) is 2.22. The highest BCUT2D eigenvalue weighted by Gasteiger charge is 2.13. The van der Waals surface area contributed by atoms with Gasteiger partial charge in [-0.15, -0.1) is 11.3 Å². The summed E-state index contributed by atoms with van der Waals surface area (Å²) in [5, 5.41) is 5.27. The number of fused-ring (bicyclic) bond motifs is 1. The highest BCUT2D eigenvalue weighted by molar-refractivity contribution is 7.17. The normalized spacial score (nSPS) is 17.1. The van der Waals surface area contributed by atoms with Crippen molar-refractivity contribution in [3.63, 3.8) is 0 Å². The molecule has 2 aromatic heterocycles. The lowest BCUT2D eigenvalue weighted by Gasteiger charge is -2.22. The molecule has 0 saturated carbocycles. The first-order valence-electron chi connectivity index (χ1n) is 6.58. The summed E-state index contributed by atoms with van der Waals surface area (Å²) in [6.45, 7) is 3.29. The first-order chi connectivity index (χ1) is 9.33. The molecule has 3 rings (SSSR count). The third-order valence-corrected chi connectivity index (χ3v) is 4.33. The Morgan fingerprint density at radius 2 is 2.32 bits per heavy atom. The van der Waals surface area contributed by atoms with Crippen molar-refractivity contribution >= 4 is 21.6 Å². The maximum Gasteiger partial charge on any atom is 0.268 e. The number of nitrogens with zero attached hydrogens (tertiary/aromatic N) is 1. The molecule has 0 spiro atoms. The summed E-state index contributed by atoms with van der Waals surface area (Å²) in [5.74, 6) is 1.38. The van der Waals surface area contributed by atoms with Crippen LogP contribution < -0.4 is 10.9 Å². The summed E-state index contributed by atoms with van der Waals surface area (Å²) in [7, 11) is 0. The van der Waals surface area contributed by atoms with Crippen molar-refractivity contribution in [3.8, 4) is 0 Å². The Labute approximate surface area is 115 Å². The second-order valence-corrected chi connectivity index (χ2v) is 5.75. The Kier molecular flexibility index (Phi) is 3.91. The van der Waals surface area contributed by atoms with Gasteiger partial charge >= 0.3 is 0 Å². The summed E-state index contributed by atoms with van der Waals surface area (Å²) in [5.41, 5.74) is 0.750. The van der Waals surface area contributed by atoms with Crippen LogP contribution in [0.5, 0.6) is 0 Å². The van der Waals surface area contributed by atoms with Gasteiger partial charge in [-0.2, -0.15) is 0 Å². The quantitative estimate of drug-likeness (QED) is 0.890. The maximum absolute atomic E-state index is 11.8. The monoisotopic (exact) mass is 279 g/mol. The van der Waals surface area contributed by atoms with Gasteiger partial charge in [0.1, 0.15) is 10.5 Å². The minimum atomic E-state index is -0.0390. The fourth-order valence-electron chi connectivity index (χ4n) is 2.35. The van der Waals surface area contributed by atoms with E-state index in [0.29, 0.717) is 23.0 Å². The van der Waals surface area contributed by atoms with Gasteiger partial charge in [0.2, 0.25) is 0 Å². The van der Waals surface area contributed by atoms with Gasteiger partial charge in [0.25, 0.3) is 5.56 Å². The van der Waals surface area contributed by atoms with Crippen molar-refractivity contribution in [2.45, 2.75) is 19.4 Å². The van der Waals surface area contributed by atoms with Crippen molar-refractivity contribution < 1.29 is 4.74 Å². The van der Waals surface area contributed by atoms with Crippen LogP contribution in [0.4, 0.5) is 0 Å². The smallest absolute Gasteiger partial charge is 0.268 e. The summed E-state index contributed by atoms with van der Waals surface area (Å²) in [6, 6.07) is 1.89. The fraction of sp³-hybridized carbons (Fsp3) is 0.538. The minimum absolute atomic E-state index is 0.0390. The van der Waals surface area contributed by atoms with Gasteiger partial charge in [-0.25, -0.2) is 4.98 Å². The van der Waals surface area contributed by atoms with Crippen LogP contribution in [0.25, 0.3) is 10.2 Å². The molecule has 0 radical (unpaired) electrons. The number of thiophene rings is 1. The Morgan fingerprint density at radius 1 is 1.47 bits per heavy atom. The largest absolute Gasteiger partial charge is 0.381 e. The molecule has 19 heavy (non-hydrogen) atoms. The summed E-state index contributed by atoms with van der Waals surface area (Å²) in [4.78, 5) is 19.1. The first-order valence-corrected chi connectivity index (χ1v) is 7.46. The van der Waals surface area contributed by atoms with E-state index in [1.807, 2.05) is 11.4 Å². The van der Waals surface area contributed by atoms with E-state index in [-0.39, 0.29) is 5.56 Å². The van der Waals surface area contributed by atoms with E-state index < -0.39 is 0 Å². The molecular formula is C13H17N3O2S. The molecule has 0 atom stereocenters. The molecular weight excluding hydrogens is 262 g/mol. The Bertz CT molecular complexity index is 601. The molecule has 2 N–H and O–H groups in total. The van der Waals surface area contributed by atoms with Crippen LogP contribution in [0.2, 0.25) is 0 Å². The van der Waals surface area contributed by atoms with Crippen LogP contribution in [0.1, 0.15) is 18.7 Å². The van der Waals surface area contributed by atoms with Gasteiger partial charge < -0.3 is 15.0 Å². The SMILES string of the molecule is O=c1[nH]c(CNCC2CCOCC2)nc2ccsc12. The van der Waals surface area contributed by atoms with E-state index in [1.54, 1.807) is 0 Å². The number of aromatic nitrogens is 2. The van der Waals surface area contributed by atoms with Crippen LogP contribution in [-0.2, 0) is 11.3 Å². The van der Waals surface area contributed by atoms with Gasteiger partial charge in [0, 0.05) is 13.2 Å². The van der Waals surface area contributed by atoms with Crippen LogP contribution >= 0.6 is 11.3 Å². The first kappa shape index (κ1) is 12.8. The number of aromatic amines is 1. The third kappa shape index (κ3) is 3.02. The number of ether oxygens (including phenoxy) is 1. The molecule has 1 fully saturated rings. The van der Waals surface area contributed by atoms with Gasteiger partial charge in [0.15, 0.2) is 0 Å². The molecule has 102 valence electrons. The molecule has 0 aromatic carbocycles. The van der Waals surface area contributed by atoms with E-state index in [9.17, 15) is 4.79 Å². The van der Waals surface area contributed by atoms with Crippen molar-refractivity contribution in [1.82, 2.24) is 15.3 Å². The second-order valence-electron chi connectivity index (χ2n) is 4.83. The molecule has 0 amide bonds. The topological polar surface area (TPSA) is 67.0 Å². The Morgan fingerprint density at radius 3 is 3.16 bits per heavy atom. The van der Waals surface area contributed by atoms with E-state index in [2.05, 4.69) is 15.3 Å². The molecule has 2 aromatic rings. The third-order valence-electron chi connectivity index (χ3n) is 3.43. The summed E-state index contributed by atoms with van der Waals surface area (Å²) >= 11 is 1.43. The molecule has 0 bridgehead atoms. The number of nitrogens with one attached hydrogen (secondary N) is 2. The number of hydrogen-bond acceptors (Lipinski definition) is 5. The molecule has 5 nitrogen and oxygen atoms in total. The van der Waals surface area contributed by atoms with Gasteiger partial charge in [-0.1, -0.05) is 0 Å². The van der Waals surface area contributed by atoms with Crippen LogP contribution in [0.15, 0.2) is 16.2 Å². The molecule has 1 aliphatic rings. The van der Waals surface area contributed by atoms with Crippen molar-refractivity contribution in [1.29, 1.82) is 0 Å². The predicted octanol–water partition coefficient (Wildman–Crippen LogP) is 1.50. The zero-order valence-corrected chi connectivity index (χ0v) is 11.5. The average molecular weight is 279 g/mol. The highest BCUT2D eigenvalue weighted by Crippen LogP contribution is 2.14. The lowest BCUT2D eigenvalue weighted by Crippen LogP contribution is -2.28. The zero-order valence-electron chi connectivity index (χ0n) is 10.6. The van der Waals surface area contributed by atoms with Gasteiger partial charge in [0.05, 0.1) is 12.1 Å². The number of rotatable bonds is 4. The van der Waals surface area contributed by atoms with Gasteiger partial charge in [-0.05, 0) is 36.8 Å². The predicted molar refractivity (Wildman–Crippen MR) is 75.5 cm³/mol. The van der Waals surface area contributed by atoms with Crippen molar-refractivity contribution in [2.24, 2.45) is 5.92 Å². The van der Waals surface area contributed by atoms with E-state index in [0.717, 1.165) is 38.1 Å². The van der Waals surface area contributed by atoms with Gasteiger partial charge in [-0.3, -0.25) is 4.79 Å². The number of hydrogen-bond donors (Lipinski definition) is 2. The molecule has 1 aliphatic heterocycles. The highest BCUT2D eigenvalue weighted by atomic mass is 32.1. The average Bonchev–Trinajstić information content (AvgIpc) is 2.89. The van der Waals surface area contributed by atoms with E-state index in [1.165, 1.54) is 11.3 Å². The lowest BCUT2D eigenvalue weighted by molar-refractivity contribution is 0.0662. The second kappa shape index (κ2) is 5.81. The molecule has 1 saturated heterocycles. The standard InChI is InChI=1S/C13H17N3O2S/c17-13-12-10(3-6-19-12)15-11(16-13)8-14-7-9-1-4-18-5-2-9/h3,6,9,14H,1-2,4-5,7-8H2,(H,15,16,17). The molecule has 3 heterocycles. The molecule has 0 aliphatic carbocycles. The molecule has 0 unspecified atom stereocenters. The fourth-order valence-corrected chi connectivity index (χ4v) is 3.08. The van der Waals surface area contributed by atoms with Crippen molar-refractivity contribution in [3.05, 3.63) is 27.6 Å². The lowest BCUT2D eigenvalue weighted by atomic mass is 10.0. The summed E-state index contributed by atoms with van der Waals surface area (Å²) < 4.78 is 6.03.